The van der Waals surface area contributed by atoms with E-state index in [1.54, 1.807) is 18.3 Å². The van der Waals surface area contributed by atoms with Gasteiger partial charge in [-0.15, -0.1) is 0 Å². The molecule has 0 saturated carbocycles. The Labute approximate surface area is 179 Å². The molecular formula is C24H23N5O2. The van der Waals surface area contributed by atoms with Gasteiger partial charge in [0.1, 0.15) is 17.8 Å². The molecule has 0 saturated heterocycles. The van der Waals surface area contributed by atoms with Crippen LogP contribution in [0.5, 0.6) is 0 Å². The first kappa shape index (κ1) is 20.3. The molecule has 0 unspecified atom stereocenters. The molecule has 156 valence electrons. The van der Waals surface area contributed by atoms with E-state index >= 15 is 0 Å². The molecule has 7 heteroatoms. The number of fused-ring (bicyclic) bond motifs is 1. The lowest BCUT2D eigenvalue weighted by atomic mass is 10.0. The van der Waals surface area contributed by atoms with E-state index in [1.165, 1.54) is 6.33 Å². The zero-order valence-electron chi connectivity index (χ0n) is 17.3. The lowest BCUT2D eigenvalue weighted by Crippen LogP contribution is -2.13. The second kappa shape index (κ2) is 8.79. The van der Waals surface area contributed by atoms with Crippen LogP contribution < -0.4 is 10.6 Å². The molecule has 2 heterocycles. The largest absolute Gasteiger partial charge is 0.345 e. The summed E-state index contributed by atoms with van der Waals surface area (Å²) in [5.74, 6) is 0.718. The quantitative estimate of drug-likeness (QED) is 0.374. The topological polar surface area (TPSA) is 99.8 Å². The molecule has 0 aliphatic rings. The highest BCUT2D eigenvalue weighted by Crippen LogP contribution is 2.28. The van der Waals surface area contributed by atoms with E-state index in [4.69, 9.17) is 0 Å². The zero-order valence-corrected chi connectivity index (χ0v) is 17.3. The smallest absolute Gasteiger partial charge is 0.224 e. The van der Waals surface area contributed by atoms with Gasteiger partial charge < -0.3 is 15.6 Å². The zero-order chi connectivity index (χ0) is 21.8. The average molecular weight is 413 g/mol. The van der Waals surface area contributed by atoms with E-state index in [2.05, 4.69) is 25.6 Å². The lowest BCUT2D eigenvalue weighted by molar-refractivity contribution is -0.116. The Morgan fingerprint density at radius 3 is 2.39 bits per heavy atom. The third kappa shape index (κ3) is 4.61. The van der Waals surface area contributed by atoms with Crippen LogP contribution in [-0.2, 0) is 4.79 Å². The predicted octanol–water partition coefficient (Wildman–Crippen LogP) is 4.92. The van der Waals surface area contributed by atoms with Gasteiger partial charge in [-0.2, -0.15) is 0 Å². The van der Waals surface area contributed by atoms with Crippen LogP contribution in [0.1, 0.15) is 36.2 Å². The molecule has 0 aliphatic heterocycles. The molecule has 4 rings (SSSR count). The number of H-pyrrole nitrogens is 1. The Hall–Kier alpha value is -4.00. The van der Waals surface area contributed by atoms with Gasteiger partial charge in [-0.3, -0.25) is 9.59 Å². The van der Waals surface area contributed by atoms with E-state index in [-0.39, 0.29) is 11.7 Å². The van der Waals surface area contributed by atoms with E-state index in [1.807, 2.05) is 56.3 Å². The summed E-state index contributed by atoms with van der Waals surface area (Å²) >= 11 is 0. The molecule has 3 N–H and O–H groups in total. The number of aromatic nitrogens is 3. The van der Waals surface area contributed by atoms with Crippen molar-refractivity contribution in [2.75, 3.05) is 10.6 Å². The van der Waals surface area contributed by atoms with Crippen molar-refractivity contribution >= 4 is 39.9 Å². The molecule has 0 aliphatic carbocycles. The predicted molar refractivity (Wildman–Crippen MR) is 122 cm³/mol. The van der Waals surface area contributed by atoms with Crippen molar-refractivity contribution in [1.29, 1.82) is 0 Å². The van der Waals surface area contributed by atoms with Crippen molar-refractivity contribution in [3.63, 3.8) is 0 Å². The average Bonchev–Trinajstić information content (AvgIpc) is 3.20. The second-order valence-corrected chi connectivity index (χ2v) is 7.69. The van der Waals surface area contributed by atoms with Gasteiger partial charge in [0, 0.05) is 29.6 Å². The summed E-state index contributed by atoms with van der Waals surface area (Å²) in [6.45, 7) is 4.01. The summed E-state index contributed by atoms with van der Waals surface area (Å²) in [5, 5.41) is 6.78. The van der Waals surface area contributed by atoms with Crippen molar-refractivity contribution in [2.45, 2.75) is 20.3 Å². The van der Waals surface area contributed by atoms with Crippen LogP contribution in [0.2, 0.25) is 0 Å². The fourth-order valence-electron chi connectivity index (χ4n) is 3.34. The molecule has 7 nitrogen and oxygen atoms in total. The number of carbonyl (C=O) groups is 2. The van der Waals surface area contributed by atoms with E-state index in [0.29, 0.717) is 40.3 Å². The number of nitrogens with zero attached hydrogens (tertiary/aromatic N) is 2. The highest BCUT2D eigenvalue weighted by molar-refractivity contribution is 6.18. The van der Waals surface area contributed by atoms with Crippen LogP contribution in [-0.4, -0.2) is 26.6 Å². The maximum Gasteiger partial charge on any atom is 0.224 e. The van der Waals surface area contributed by atoms with E-state index in [9.17, 15) is 9.59 Å². The van der Waals surface area contributed by atoms with Crippen LogP contribution in [0, 0.1) is 5.92 Å². The minimum absolute atomic E-state index is 0.00962. The monoisotopic (exact) mass is 413 g/mol. The number of ketones is 1. The summed E-state index contributed by atoms with van der Waals surface area (Å²) in [4.78, 5) is 36.6. The number of carbonyl (C=O) groups excluding carboxylic acids is 2. The first-order chi connectivity index (χ1) is 15.0. The molecule has 1 amide bonds. The Kier molecular flexibility index (Phi) is 5.75. The normalized spacial score (nSPS) is 10.9. The number of hydrogen-bond donors (Lipinski definition) is 3. The fourth-order valence-corrected chi connectivity index (χ4v) is 3.34. The summed E-state index contributed by atoms with van der Waals surface area (Å²) < 4.78 is 0. The number of aromatic amines is 1. The fraction of sp³-hybridized carbons (Fsp3) is 0.167. The molecule has 2 aromatic heterocycles. The van der Waals surface area contributed by atoms with Gasteiger partial charge in [-0.1, -0.05) is 44.2 Å². The van der Waals surface area contributed by atoms with Gasteiger partial charge in [-0.05, 0) is 30.2 Å². The standard InChI is InChI=1S/C24H23N5O2/c1-15(2)12-20(30)28-17-8-10-18(11-9-17)29-24-21-19(13-25-23(21)26-14-27-24)22(31)16-6-4-3-5-7-16/h3-11,13-15H,12H2,1-2H3,(H,28,30)(H2,25,26,27,29). The Morgan fingerprint density at radius 2 is 1.68 bits per heavy atom. The van der Waals surface area contributed by atoms with Gasteiger partial charge in [-0.25, -0.2) is 9.97 Å². The van der Waals surface area contributed by atoms with Crippen molar-refractivity contribution in [3.8, 4) is 0 Å². The first-order valence-electron chi connectivity index (χ1n) is 10.1. The molecule has 2 aromatic carbocycles. The van der Waals surface area contributed by atoms with Crippen LogP contribution in [0.3, 0.4) is 0 Å². The summed E-state index contributed by atoms with van der Waals surface area (Å²) in [7, 11) is 0. The third-order valence-electron chi connectivity index (χ3n) is 4.78. The SMILES string of the molecule is CC(C)CC(=O)Nc1ccc(Nc2ncnc3[nH]cc(C(=O)c4ccccc4)c23)cc1. The third-order valence-corrected chi connectivity index (χ3v) is 4.78. The number of hydrogen-bond acceptors (Lipinski definition) is 5. The number of amides is 1. The van der Waals surface area contributed by atoms with Crippen LogP contribution in [0.4, 0.5) is 17.2 Å². The molecule has 0 radical (unpaired) electrons. The minimum Gasteiger partial charge on any atom is -0.345 e. The second-order valence-electron chi connectivity index (χ2n) is 7.69. The van der Waals surface area contributed by atoms with Crippen LogP contribution in [0.15, 0.2) is 67.1 Å². The van der Waals surface area contributed by atoms with Crippen molar-refractivity contribution < 1.29 is 9.59 Å². The first-order valence-corrected chi connectivity index (χ1v) is 10.1. The molecular weight excluding hydrogens is 390 g/mol. The number of anilines is 3. The van der Waals surface area contributed by atoms with Crippen molar-refractivity contribution in [2.24, 2.45) is 5.92 Å². The molecule has 31 heavy (non-hydrogen) atoms. The molecule has 0 spiro atoms. The minimum atomic E-state index is -0.104. The Balaban J connectivity index is 1.58. The maximum atomic E-state index is 13.0. The Bertz CT molecular complexity index is 1210. The summed E-state index contributed by atoms with van der Waals surface area (Å²) in [6.07, 6.45) is 3.58. The van der Waals surface area contributed by atoms with Gasteiger partial charge >= 0.3 is 0 Å². The highest BCUT2D eigenvalue weighted by atomic mass is 16.1. The lowest BCUT2D eigenvalue weighted by Gasteiger charge is -2.10. The van der Waals surface area contributed by atoms with E-state index < -0.39 is 0 Å². The van der Waals surface area contributed by atoms with Crippen molar-refractivity contribution in [3.05, 3.63) is 78.2 Å². The van der Waals surface area contributed by atoms with Gasteiger partial charge in [0.2, 0.25) is 5.91 Å². The summed E-state index contributed by atoms with van der Waals surface area (Å²) in [5.41, 5.74) is 3.18. The van der Waals surface area contributed by atoms with Crippen molar-refractivity contribution in [1.82, 2.24) is 15.0 Å². The van der Waals surface area contributed by atoms with Crippen LogP contribution in [0.25, 0.3) is 11.0 Å². The number of nitrogens with one attached hydrogen (secondary N) is 3. The highest BCUT2D eigenvalue weighted by Gasteiger charge is 2.18. The van der Waals surface area contributed by atoms with Gasteiger partial charge in [0.15, 0.2) is 5.78 Å². The summed E-state index contributed by atoms with van der Waals surface area (Å²) in [6, 6.07) is 16.5. The van der Waals surface area contributed by atoms with Gasteiger partial charge in [0.25, 0.3) is 0 Å². The van der Waals surface area contributed by atoms with Crippen LogP contribution >= 0.6 is 0 Å². The molecule has 0 fully saturated rings. The van der Waals surface area contributed by atoms with Gasteiger partial charge in [0.05, 0.1) is 10.9 Å². The molecule has 0 bridgehead atoms. The maximum absolute atomic E-state index is 13.0. The number of rotatable bonds is 7. The number of benzene rings is 2. The Morgan fingerprint density at radius 1 is 0.968 bits per heavy atom. The van der Waals surface area contributed by atoms with E-state index in [0.717, 1.165) is 11.4 Å². The molecule has 4 aromatic rings. The molecule has 0 atom stereocenters.